The molecule has 6 aliphatic rings. The largest absolute Gasteiger partial charge is 0.493 e. The monoisotopic (exact) mass is 1390 g/mol. The minimum atomic E-state index is -1.53. The number of alkyl halides is 1. The maximum Gasteiger partial charge on any atom is 0.320 e. The number of fused-ring (bicyclic) bond motifs is 1. The Bertz CT molecular complexity index is 2680. The number of Topliss-reactive ketones (excluding diaryl/α,β-unsaturated/α-hetero) is 1. The standard InChI is InChI=1S/C62H91Cl2IN4O17S/c1-33-28-61(8,78-13)54(84-57-50(71)44(26-34(2)80-57)67(10)59(75)68-20-23-79-24-21-68)36(4)51(83-47-29-60(7,77-12)53(72)38(6)81-47)37(5)55(73)85-58(65)62(9)48(35(3)49(33)70)52(56(74)86-62)87-25-22-69(32-41-42(63)30-66-31-43(41)64)39-18-19-45(76-11)46(27-39)82-40-16-14-15-17-40/h18-19,27,30-31,33-38,40,44,47-48,50-54,57-58,71-72H,14-17,20-26,28-29,32H2,1-13H3/t33-,34-,35-,36+,37-,38+,44+,47+,48+,50-,51+,52+,53+,54-,57+,58+,60-,61-,62+/m1/s1. The fraction of sp³-hybridized carbons (Fsp3) is 0.758. The Hall–Kier alpha value is -3.05. The molecule has 2 N–H and O–H groups in total. The number of urea groups is 1. The van der Waals surface area contributed by atoms with E-state index in [1.807, 2.05) is 68.5 Å². The number of likely N-dealkylation sites (N-methyl/N-ethyl adjacent to an activating group) is 1. The van der Waals surface area contributed by atoms with Crippen molar-refractivity contribution >= 4 is 87.0 Å². The normalized spacial score (nSPS) is 37.4. The number of benzene rings is 1. The summed E-state index contributed by atoms with van der Waals surface area (Å²) in [5.41, 5.74) is -2.61. The van der Waals surface area contributed by atoms with Crippen LogP contribution in [0.5, 0.6) is 11.5 Å². The summed E-state index contributed by atoms with van der Waals surface area (Å²) in [7, 11) is 6.27. The fourth-order valence-electron chi connectivity index (χ4n) is 13.8. The third kappa shape index (κ3) is 15.4. The molecule has 0 radical (unpaired) electrons. The number of anilines is 1. The minimum absolute atomic E-state index is 0.0441. The molecule has 1 aliphatic carbocycles. The third-order valence-electron chi connectivity index (χ3n) is 19.2. The van der Waals surface area contributed by atoms with Gasteiger partial charge in [0, 0.05) is 113 Å². The van der Waals surface area contributed by atoms with Gasteiger partial charge in [-0.25, -0.2) is 4.79 Å². The zero-order valence-corrected chi connectivity index (χ0v) is 56.9. The van der Waals surface area contributed by atoms with Gasteiger partial charge in [-0.2, -0.15) is 0 Å². The lowest BCUT2D eigenvalue weighted by molar-refractivity contribution is -0.318. The van der Waals surface area contributed by atoms with E-state index in [0.717, 1.165) is 31.4 Å². The van der Waals surface area contributed by atoms with E-state index in [2.05, 4.69) is 9.88 Å². The number of cyclic esters (lactones) is 1. The zero-order chi connectivity index (χ0) is 63.4. The third-order valence-corrected chi connectivity index (χ3v) is 22.6. The van der Waals surface area contributed by atoms with Crippen molar-refractivity contribution in [3.63, 3.8) is 0 Å². The number of aromatic nitrogens is 1. The molecule has 6 fully saturated rings. The van der Waals surface area contributed by atoms with Crippen molar-refractivity contribution in [2.24, 2.45) is 29.6 Å². The Balaban J connectivity index is 1.14. The van der Waals surface area contributed by atoms with Crippen LogP contribution in [0.2, 0.25) is 10.0 Å². The van der Waals surface area contributed by atoms with Crippen LogP contribution in [-0.2, 0) is 63.6 Å². The predicted octanol–water partition coefficient (Wildman–Crippen LogP) is 8.90. The molecule has 25 heteroatoms. The van der Waals surface area contributed by atoms with E-state index in [-0.39, 0.29) is 37.3 Å². The molecule has 488 valence electrons. The van der Waals surface area contributed by atoms with E-state index in [4.69, 9.17) is 75.3 Å². The minimum Gasteiger partial charge on any atom is -0.493 e. The van der Waals surface area contributed by atoms with Gasteiger partial charge >= 0.3 is 18.0 Å². The zero-order valence-electron chi connectivity index (χ0n) is 52.5. The Morgan fingerprint density at radius 2 is 1.55 bits per heavy atom. The highest BCUT2D eigenvalue weighted by Gasteiger charge is 2.62. The van der Waals surface area contributed by atoms with Crippen molar-refractivity contribution < 1.29 is 81.5 Å². The first-order valence-electron chi connectivity index (χ1n) is 30.5. The lowest BCUT2D eigenvalue weighted by atomic mass is 9.72. The number of amides is 2. The van der Waals surface area contributed by atoms with Crippen molar-refractivity contribution in [3.8, 4) is 11.5 Å². The van der Waals surface area contributed by atoms with Crippen molar-refractivity contribution in [1.82, 2.24) is 14.8 Å². The van der Waals surface area contributed by atoms with Crippen LogP contribution >= 0.6 is 57.6 Å². The first-order valence-corrected chi connectivity index (χ1v) is 33.5. The second-order valence-electron chi connectivity index (χ2n) is 25.2. The number of rotatable bonds is 17. The van der Waals surface area contributed by atoms with Crippen molar-refractivity contribution in [2.75, 3.05) is 71.9 Å². The number of methoxy groups -OCH3 is 3. The van der Waals surface area contributed by atoms with E-state index >= 15 is 9.59 Å². The molecule has 1 aromatic carbocycles. The molecule has 2 amide bonds. The summed E-state index contributed by atoms with van der Waals surface area (Å²) in [6.45, 7) is 18.2. The van der Waals surface area contributed by atoms with Gasteiger partial charge in [-0.05, 0) is 115 Å². The highest BCUT2D eigenvalue weighted by atomic mass is 127. The number of ketones is 1. The maximum atomic E-state index is 15.5. The summed E-state index contributed by atoms with van der Waals surface area (Å²) in [4.78, 5) is 68.9. The summed E-state index contributed by atoms with van der Waals surface area (Å²) < 4.78 is 69.0. The van der Waals surface area contributed by atoms with Gasteiger partial charge in [0.15, 0.2) is 33.8 Å². The van der Waals surface area contributed by atoms with E-state index < -0.39 is 123 Å². The average molecular weight is 1390 g/mol. The highest BCUT2D eigenvalue weighted by molar-refractivity contribution is 14.1. The Morgan fingerprint density at radius 3 is 2.20 bits per heavy atom. The van der Waals surface area contributed by atoms with Gasteiger partial charge in [0.1, 0.15) is 23.2 Å². The van der Waals surface area contributed by atoms with Gasteiger partial charge in [0.2, 0.25) is 0 Å². The van der Waals surface area contributed by atoms with Crippen LogP contribution in [0, 0.1) is 29.6 Å². The van der Waals surface area contributed by atoms with Crippen molar-refractivity contribution in [1.29, 1.82) is 0 Å². The second-order valence-corrected chi connectivity index (χ2v) is 28.4. The molecule has 6 heterocycles. The molecule has 0 bridgehead atoms. The number of pyridine rings is 1. The molecular weight excluding hydrogens is 1300 g/mol. The number of carbonyl (C=O) groups excluding carboxylic acids is 4. The number of carbonyl (C=O) groups is 4. The van der Waals surface area contributed by atoms with E-state index in [1.165, 1.54) is 30.9 Å². The summed E-state index contributed by atoms with van der Waals surface area (Å²) in [6.07, 6.45) is -0.716. The average Bonchev–Trinajstić information content (AvgIpc) is 1.72. The van der Waals surface area contributed by atoms with Gasteiger partial charge in [-0.1, -0.05) is 44.0 Å². The van der Waals surface area contributed by atoms with Gasteiger partial charge in [-0.3, -0.25) is 19.4 Å². The van der Waals surface area contributed by atoms with E-state index in [9.17, 15) is 19.8 Å². The summed E-state index contributed by atoms with van der Waals surface area (Å²) in [5.74, 6) is -4.37. The molecular formula is C62H91Cl2IN4O17S. The first-order chi connectivity index (χ1) is 41.2. The highest BCUT2D eigenvalue weighted by Crippen LogP contribution is 2.51. The fourth-order valence-corrected chi connectivity index (χ4v) is 16.5. The molecule has 0 spiro atoms. The summed E-state index contributed by atoms with van der Waals surface area (Å²) in [5, 5.41) is 23.5. The molecule has 1 aromatic heterocycles. The Labute approximate surface area is 540 Å². The predicted molar refractivity (Wildman–Crippen MR) is 335 cm³/mol. The van der Waals surface area contributed by atoms with Crippen LogP contribution in [0.15, 0.2) is 30.6 Å². The Kier molecular flexibility index (Phi) is 23.8. The number of hydrogen-bond donors (Lipinski definition) is 2. The molecule has 5 aliphatic heterocycles. The quantitative estimate of drug-likeness (QED) is 0.0855. The summed E-state index contributed by atoms with van der Waals surface area (Å²) in [6, 6.07) is 4.73. The van der Waals surface area contributed by atoms with Gasteiger partial charge in [-0.15, -0.1) is 11.8 Å². The van der Waals surface area contributed by atoms with Crippen LogP contribution in [0.4, 0.5) is 10.5 Å². The molecule has 19 atom stereocenters. The second kappa shape index (κ2) is 29.7. The van der Waals surface area contributed by atoms with Crippen LogP contribution in [0.3, 0.4) is 0 Å². The molecule has 87 heavy (non-hydrogen) atoms. The number of halogens is 3. The number of aliphatic hydroxyl groups excluding tert-OH is 2. The van der Waals surface area contributed by atoms with Crippen LogP contribution in [0.25, 0.3) is 0 Å². The number of morpholine rings is 1. The molecule has 21 nitrogen and oxygen atoms in total. The van der Waals surface area contributed by atoms with Crippen LogP contribution < -0.4 is 14.4 Å². The topological polar surface area (TPSA) is 233 Å². The molecule has 2 aromatic rings. The van der Waals surface area contributed by atoms with Crippen LogP contribution in [-0.4, -0.2) is 203 Å². The number of hydrogen-bond acceptors (Lipinski definition) is 20. The van der Waals surface area contributed by atoms with E-state index in [1.54, 1.807) is 66.1 Å². The van der Waals surface area contributed by atoms with Gasteiger partial charge in [0.05, 0.1) is 84.1 Å². The number of thioether (sulfide) groups is 1. The smallest absolute Gasteiger partial charge is 0.320 e. The molecule has 8 rings (SSSR count). The van der Waals surface area contributed by atoms with Gasteiger partial charge < -0.3 is 77.0 Å². The van der Waals surface area contributed by atoms with Crippen LogP contribution in [0.1, 0.15) is 113 Å². The first kappa shape index (κ1) is 69.8. The van der Waals surface area contributed by atoms with Crippen molar-refractivity contribution in [2.45, 2.75) is 201 Å². The Morgan fingerprint density at radius 1 is 0.885 bits per heavy atom. The maximum absolute atomic E-state index is 15.5. The van der Waals surface area contributed by atoms with Gasteiger partial charge in [0.25, 0.3) is 0 Å². The van der Waals surface area contributed by atoms with E-state index in [0.29, 0.717) is 72.1 Å². The summed E-state index contributed by atoms with van der Waals surface area (Å²) >= 11 is 16.9. The number of esters is 2. The molecule has 1 saturated carbocycles. The lowest BCUT2D eigenvalue weighted by Crippen LogP contribution is -2.62. The van der Waals surface area contributed by atoms with Crippen molar-refractivity contribution in [3.05, 3.63) is 46.2 Å². The number of nitrogens with zero attached hydrogens (tertiary/aromatic N) is 4. The molecule has 0 unspecified atom stereocenters. The number of aliphatic hydroxyl groups is 2. The number of ether oxygens (including phenoxy) is 11. The SMILES string of the molecule is COc1ccc(N(CCS[C@@H]2C(=O)O[C@@]3(C)[C@H]2[C@@H](C)C(=O)[C@H](C)C[C@@](C)(OC)[C@H](O[C@@H]2O[C@H](C)C[C@H](N(C)C(=O)N4CCOCC4)[C@H]2O)[C@@H](C)[C@H](O[C@H]2C[C@@](C)(OC)[C@@H](O)[C@H](C)O2)[C@@H](C)C(=O)O[C@@H]3I)Cc2c(Cl)cncc2Cl)cc1OC1CCCC1. The lowest BCUT2D eigenvalue weighted by Gasteiger charge is -2.50. The molecule has 5 saturated heterocycles.